The van der Waals surface area contributed by atoms with E-state index in [1.807, 2.05) is 37.3 Å². The number of hydrogen-bond acceptors (Lipinski definition) is 4. The highest BCUT2D eigenvalue weighted by Gasteiger charge is 2.23. The molecule has 152 valence electrons. The van der Waals surface area contributed by atoms with Crippen LogP contribution in [0, 0.1) is 6.92 Å². The molecule has 1 N–H and O–H groups in total. The second-order valence-electron chi connectivity index (χ2n) is 7.65. The van der Waals surface area contributed by atoms with Crippen LogP contribution in [0.1, 0.15) is 49.5 Å². The summed E-state index contributed by atoms with van der Waals surface area (Å²) in [4.78, 5) is 2.64. The van der Waals surface area contributed by atoms with E-state index in [1.165, 1.54) is 0 Å². The molecular formula is C22H30N2O3S. The van der Waals surface area contributed by atoms with Crippen LogP contribution >= 0.6 is 0 Å². The van der Waals surface area contributed by atoms with Crippen LogP contribution in [0.3, 0.4) is 0 Å². The molecular weight excluding hydrogens is 372 g/mol. The van der Waals surface area contributed by atoms with Crippen molar-refractivity contribution in [3.8, 4) is 0 Å². The Morgan fingerprint density at radius 3 is 2.50 bits per heavy atom. The predicted octanol–water partition coefficient (Wildman–Crippen LogP) is 4.31. The minimum Gasteiger partial charge on any atom is -0.371 e. The number of hydrogen-bond donors (Lipinski definition) is 1. The van der Waals surface area contributed by atoms with Crippen molar-refractivity contribution in [2.24, 2.45) is 0 Å². The summed E-state index contributed by atoms with van der Waals surface area (Å²) in [6, 6.07) is 12.7. The lowest BCUT2D eigenvalue weighted by Crippen LogP contribution is -2.38. The van der Waals surface area contributed by atoms with E-state index < -0.39 is 10.0 Å². The van der Waals surface area contributed by atoms with Crippen molar-refractivity contribution in [2.45, 2.75) is 44.6 Å². The van der Waals surface area contributed by atoms with Crippen molar-refractivity contribution in [3.05, 3.63) is 59.2 Å². The number of aryl methyl sites for hydroxylation is 1. The summed E-state index contributed by atoms with van der Waals surface area (Å²) in [5, 5.41) is 0. The van der Waals surface area contributed by atoms with Crippen LogP contribution in [0.2, 0.25) is 0 Å². The molecule has 1 saturated heterocycles. The smallest absolute Gasteiger partial charge is 0.261 e. The van der Waals surface area contributed by atoms with Gasteiger partial charge in [0.2, 0.25) is 0 Å². The number of nitrogens with one attached hydrogen (secondary N) is 1. The summed E-state index contributed by atoms with van der Waals surface area (Å²) in [6.07, 6.45) is 0.0305. The summed E-state index contributed by atoms with van der Waals surface area (Å²) in [7, 11) is -3.61. The Kier molecular flexibility index (Phi) is 6.43. The number of morpholine rings is 1. The van der Waals surface area contributed by atoms with Gasteiger partial charge in [-0.1, -0.05) is 39.0 Å². The molecule has 0 aliphatic carbocycles. The first-order valence-electron chi connectivity index (χ1n) is 9.87. The second-order valence-corrected chi connectivity index (χ2v) is 9.34. The number of sulfonamides is 1. The first-order valence-corrected chi connectivity index (χ1v) is 11.4. The lowest BCUT2D eigenvalue weighted by Gasteiger charge is -2.33. The molecule has 1 heterocycles. The second kappa shape index (κ2) is 8.64. The van der Waals surface area contributed by atoms with E-state index in [0.29, 0.717) is 11.6 Å². The predicted molar refractivity (Wildman–Crippen MR) is 113 cm³/mol. The molecule has 5 nitrogen and oxygen atoms in total. The molecule has 1 aliphatic rings. The monoisotopic (exact) mass is 402 g/mol. The van der Waals surface area contributed by atoms with E-state index >= 15 is 0 Å². The van der Waals surface area contributed by atoms with Gasteiger partial charge in [-0.2, -0.15) is 0 Å². The zero-order chi connectivity index (χ0) is 20.3. The molecule has 1 unspecified atom stereocenters. The van der Waals surface area contributed by atoms with Crippen LogP contribution in [-0.2, 0) is 14.8 Å². The van der Waals surface area contributed by atoms with Gasteiger partial charge in [0.05, 0.1) is 17.6 Å². The van der Waals surface area contributed by atoms with E-state index in [-0.39, 0.29) is 11.0 Å². The number of benzene rings is 2. The molecule has 1 atom stereocenters. The third-order valence-corrected chi connectivity index (χ3v) is 6.72. The minimum absolute atomic E-state index is 0.0305. The van der Waals surface area contributed by atoms with Crippen molar-refractivity contribution in [1.29, 1.82) is 0 Å². The van der Waals surface area contributed by atoms with Crippen LogP contribution in [0.5, 0.6) is 0 Å². The van der Waals surface area contributed by atoms with E-state index in [2.05, 4.69) is 30.4 Å². The average Bonchev–Trinajstić information content (AvgIpc) is 2.68. The topological polar surface area (TPSA) is 58.6 Å². The van der Waals surface area contributed by atoms with Crippen molar-refractivity contribution in [1.82, 2.24) is 4.90 Å². The van der Waals surface area contributed by atoms with Gasteiger partial charge in [-0.3, -0.25) is 9.62 Å². The zero-order valence-corrected chi connectivity index (χ0v) is 17.9. The molecule has 28 heavy (non-hydrogen) atoms. The van der Waals surface area contributed by atoms with E-state index in [1.54, 1.807) is 12.1 Å². The van der Waals surface area contributed by atoms with E-state index in [9.17, 15) is 8.42 Å². The lowest BCUT2D eigenvalue weighted by atomic mass is 10.0. The minimum atomic E-state index is -3.61. The SMILES string of the molecule is CCN1CCOC(c2ccc(NS(=O)(=O)c3ccc(C(C)C)cc3)cc2C)C1. The highest BCUT2D eigenvalue weighted by Crippen LogP contribution is 2.28. The third kappa shape index (κ3) is 4.74. The first-order chi connectivity index (χ1) is 13.3. The number of ether oxygens (including phenoxy) is 1. The highest BCUT2D eigenvalue weighted by molar-refractivity contribution is 7.92. The summed E-state index contributed by atoms with van der Waals surface area (Å²) in [6.45, 7) is 11.9. The van der Waals surface area contributed by atoms with Crippen molar-refractivity contribution in [3.63, 3.8) is 0 Å². The Balaban J connectivity index is 1.76. The Morgan fingerprint density at radius 1 is 1.18 bits per heavy atom. The van der Waals surface area contributed by atoms with E-state index in [0.717, 1.165) is 42.9 Å². The van der Waals surface area contributed by atoms with Crippen LogP contribution in [-0.4, -0.2) is 39.6 Å². The molecule has 2 aromatic carbocycles. The van der Waals surface area contributed by atoms with Gasteiger partial charge in [-0.25, -0.2) is 8.42 Å². The Morgan fingerprint density at radius 2 is 1.89 bits per heavy atom. The van der Waals surface area contributed by atoms with Crippen LogP contribution in [0.15, 0.2) is 47.4 Å². The molecule has 0 amide bonds. The van der Waals surface area contributed by atoms with Crippen molar-refractivity contribution < 1.29 is 13.2 Å². The standard InChI is InChI=1S/C22H30N2O3S/c1-5-24-12-13-27-22(15-24)21-11-8-19(14-17(21)4)23-28(25,26)20-9-6-18(7-10-20)16(2)3/h6-11,14,16,22-23H,5,12-13,15H2,1-4H3. The molecule has 3 rings (SSSR count). The quantitative estimate of drug-likeness (QED) is 0.782. The Hall–Kier alpha value is -1.89. The number of anilines is 1. The fourth-order valence-corrected chi connectivity index (χ4v) is 4.57. The number of likely N-dealkylation sites (N-methyl/N-ethyl adjacent to an activating group) is 1. The van der Waals surface area contributed by atoms with Gasteiger partial charge >= 0.3 is 0 Å². The number of rotatable bonds is 6. The van der Waals surface area contributed by atoms with Gasteiger partial charge < -0.3 is 4.74 Å². The molecule has 1 fully saturated rings. The zero-order valence-electron chi connectivity index (χ0n) is 17.1. The van der Waals surface area contributed by atoms with Crippen molar-refractivity contribution in [2.75, 3.05) is 31.0 Å². The largest absolute Gasteiger partial charge is 0.371 e. The molecule has 0 bridgehead atoms. The van der Waals surface area contributed by atoms with E-state index in [4.69, 9.17) is 4.74 Å². The summed E-state index contributed by atoms with van der Waals surface area (Å²) in [5.74, 6) is 0.366. The maximum Gasteiger partial charge on any atom is 0.261 e. The first kappa shape index (κ1) is 20.8. The Labute approximate surface area is 168 Å². The molecule has 0 saturated carbocycles. The summed E-state index contributed by atoms with van der Waals surface area (Å²) in [5.41, 5.74) is 3.82. The van der Waals surface area contributed by atoms with Crippen LogP contribution < -0.4 is 4.72 Å². The summed E-state index contributed by atoms with van der Waals surface area (Å²) < 4.78 is 34.1. The van der Waals surface area contributed by atoms with Crippen LogP contribution in [0.25, 0.3) is 0 Å². The third-order valence-electron chi connectivity index (χ3n) is 5.32. The maximum atomic E-state index is 12.7. The maximum absolute atomic E-state index is 12.7. The van der Waals surface area contributed by atoms with Gasteiger partial charge in [0.1, 0.15) is 0 Å². The molecule has 0 spiro atoms. The summed E-state index contributed by atoms with van der Waals surface area (Å²) >= 11 is 0. The van der Waals surface area contributed by atoms with Crippen molar-refractivity contribution >= 4 is 15.7 Å². The molecule has 1 aliphatic heterocycles. The Bertz CT molecular complexity index is 908. The fourth-order valence-electron chi connectivity index (χ4n) is 3.52. The molecule has 6 heteroatoms. The normalized spacial score (nSPS) is 18.4. The molecule has 0 radical (unpaired) electrons. The lowest BCUT2D eigenvalue weighted by molar-refractivity contribution is -0.0284. The highest BCUT2D eigenvalue weighted by atomic mass is 32.2. The average molecular weight is 403 g/mol. The van der Waals surface area contributed by atoms with Gasteiger partial charge in [-0.15, -0.1) is 0 Å². The van der Waals surface area contributed by atoms with Gasteiger partial charge in [-0.05, 0) is 60.3 Å². The van der Waals surface area contributed by atoms with Gasteiger partial charge in [0.25, 0.3) is 10.0 Å². The molecule has 2 aromatic rings. The van der Waals surface area contributed by atoms with Gasteiger partial charge in [0.15, 0.2) is 0 Å². The fraction of sp³-hybridized carbons (Fsp3) is 0.455. The molecule has 0 aromatic heterocycles. The number of nitrogens with zero attached hydrogens (tertiary/aromatic N) is 1. The van der Waals surface area contributed by atoms with Crippen LogP contribution in [0.4, 0.5) is 5.69 Å². The van der Waals surface area contributed by atoms with Gasteiger partial charge in [0, 0.05) is 18.8 Å².